The Hall–Kier alpha value is -2.69. The summed E-state index contributed by atoms with van der Waals surface area (Å²) in [4.78, 5) is 43.1. The molecule has 0 aromatic carbocycles. The SMILES string of the molecule is CO/N=C(\C(=O)NC1C(=O)NC1OC(C)=O)c1csc(N)n1. The highest BCUT2D eigenvalue weighted by atomic mass is 32.1. The fourth-order valence-electron chi connectivity index (χ4n) is 1.67. The zero-order valence-corrected chi connectivity index (χ0v) is 12.5. The van der Waals surface area contributed by atoms with Crippen LogP contribution in [-0.2, 0) is 24.0 Å². The maximum atomic E-state index is 12.2. The van der Waals surface area contributed by atoms with E-state index in [1.54, 1.807) is 0 Å². The Morgan fingerprint density at radius 1 is 1.55 bits per heavy atom. The monoisotopic (exact) mass is 327 g/mol. The summed E-state index contributed by atoms with van der Waals surface area (Å²) in [5.41, 5.74) is 5.58. The molecule has 1 saturated heterocycles. The first-order valence-electron chi connectivity index (χ1n) is 6.03. The average molecular weight is 327 g/mol. The van der Waals surface area contributed by atoms with Gasteiger partial charge in [-0.1, -0.05) is 5.16 Å². The number of hydrogen-bond acceptors (Lipinski definition) is 9. The van der Waals surface area contributed by atoms with Gasteiger partial charge in [0, 0.05) is 12.3 Å². The molecule has 0 saturated carbocycles. The first-order valence-corrected chi connectivity index (χ1v) is 6.91. The second kappa shape index (κ2) is 6.39. The van der Waals surface area contributed by atoms with Gasteiger partial charge in [0.1, 0.15) is 12.8 Å². The van der Waals surface area contributed by atoms with Gasteiger partial charge in [0.2, 0.25) is 6.23 Å². The van der Waals surface area contributed by atoms with Gasteiger partial charge in [-0.3, -0.25) is 14.4 Å². The highest BCUT2D eigenvalue weighted by molar-refractivity contribution is 7.13. The number of nitrogens with one attached hydrogen (secondary N) is 2. The molecule has 0 bridgehead atoms. The second-order valence-electron chi connectivity index (χ2n) is 4.18. The lowest BCUT2D eigenvalue weighted by atomic mass is 10.1. The van der Waals surface area contributed by atoms with Gasteiger partial charge >= 0.3 is 5.97 Å². The van der Waals surface area contributed by atoms with Gasteiger partial charge < -0.3 is 25.9 Å². The Labute approximate surface area is 128 Å². The van der Waals surface area contributed by atoms with Crippen molar-refractivity contribution in [1.29, 1.82) is 0 Å². The Kier molecular flexibility index (Phi) is 4.56. The number of rotatable bonds is 5. The van der Waals surface area contributed by atoms with Crippen LogP contribution in [-0.4, -0.2) is 47.9 Å². The predicted octanol–water partition coefficient (Wildman–Crippen LogP) is -1.42. The summed E-state index contributed by atoms with van der Waals surface area (Å²) in [6.07, 6.45) is -0.918. The molecule has 0 aliphatic carbocycles. The van der Waals surface area contributed by atoms with Crippen LogP contribution in [0.5, 0.6) is 0 Å². The molecular weight excluding hydrogens is 314 g/mol. The first-order chi connectivity index (χ1) is 10.4. The number of nitrogens with zero attached hydrogens (tertiary/aromatic N) is 2. The summed E-state index contributed by atoms with van der Waals surface area (Å²) >= 11 is 1.13. The van der Waals surface area contributed by atoms with Crippen LogP contribution in [0.3, 0.4) is 0 Å². The molecule has 1 aliphatic rings. The summed E-state index contributed by atoms with van der Waals surface area (Å²) < 4.78 is 4.83. The molecule has 10 nitrogen and oxygen atoms in total. The molecule has 22 heavy (non-hydrogen) atoms. The van der Waals surface area contributed by atoms with Crippen LogP contribution in [0.1, 0.15) is 12.6 Å². The van der Waals surface area contributed by atoms with Crippen molar-refractivity contribution in [3.8, 4) is 0 Å². The van der Waals surface area contributed by atoms with E-state index in [9.17, 15) is 14.4 Å². The molecule has 2 heterocycles. The smallest absolute Gasteiger partial charge is 0.304 e. The number of carbonyl (C=O) groups is 3. The molecule has 0 spiro atoms. The number of nitrogen functional groups attached to an aromatic ring is 1. The summed E-state index contributed by atoms with van der Waals surface area (Å²) in [7, 11) is 1.26. The lowest BCUT2D eigenvalue weighted by Crippen LogP contribution is -2.70. The molecule has 0 radical (unpaired) electrons. The zero-order valence-electron chi connectivity index (χ0n) is 11.7. The number of anilines is 1. The van der Waals surface area contributed by atoms with Crippen molar-refractivity contribution in [2.24, 2.45) is 5.16 Å². The van der Waals surface area contributed by atoms with Crippen LogP contribution in [0.15, 0.2) is 10.5 Å². The zero-order chi connectivity index (χ0) is 16.3. The Morgan fingerprint density at radius 3 is 2.77 bits per heavy atom. The molecule has 2 unspecified atom stereocenters. The number of nitrogens with two attached hydrogens (primary N) is 1. The van der Waals surface area contributed by atoms with Gasteiger partial charge in [0.25, 0.3) is 11.8 Å². The summed E-state index contributed by atoms with van der Waals surface area (Å²) in [6, 6.07) is -1.01. The molecule has 1 aliphatic heterocycles. The second-order valence-corrected chi connectivity index (χ2v) is 5.07. The average Bonchev–Trinajstić information content (AvgIpc) is 2.87. The Morgan fingerprint density at radius 2 is 2.27 bits per heavy atom. The quantitative estimate of drug-likeness (QED) is 0.260. The van der Waals surface area contributed by atoms with Crippen LogP contribution in [0, 0.1) is 0 Å². The lowest BCUT2D eigenvalue weighted by Gasteiger charge is -2.35. The van der Waals surface area contributed by atoms with E-state index in [4.69, 9.17) is 10.5 Å². The largest absolute Gasteiger partial charge is 0.439 e. The van der Waals surface area contributed by atoms with E-state index < -0.39 is 30.1 Å². The molecule has 1 fully saturated rings. The van der Waals surface area contributed by atoms with E-state index in [1.165, 1.54) is 19.4 Å². The van der Waals surface area contributed by atoms with Gasteiger partial charge in [-0.25, -0.2) is 4.98 Å². The van der Waals surface area contributed by atoms with Crippen molar-refractivity contribution in [2.75, 3.05) is 12.8 Å². The molecule has 4 N–H and O–H groups in total. The third kappa shape index (κ3) is 3.31. The minimum atomic E-state index is -1.01. The first kappa shape index (κ1) is 15.7. The molecule has 11 heteroatoms. The van der Waals surface area contributed by atoms with E-state index >= 15 is 0 Å². The number of β-lactam (4-membered cyclic amide) rings is 1. The maximum Gasteiger partial charge on any atom is 0.304 e. The number of aromatic nitrogens is 1. The van der Waals surface area contributed by atoms with Crippen LogP contribution >= 0.6 is 11.3 Å². The van der Waals surface area contributed by atoms with Gasteiger partial charge in [0.15, 0.2) is 16.9 Å². The van der Waals surface area contributed by atoms with Crippen molar-refractivity contribution >= 4 is 40.0 Å². The summed E-state index contributed by atoms with van der Waals surface area (Å²) in [6.45, 7) is 1.19. The summed E-state index contributed by atoms with van der Waals surface area (Å²) in [5, 5.41) is 10.1. The van der Waals surface area contributed by atoms with E-state index in [0.29, 0.717) is 0 Å². The fraction of sp³-hybridized carbons (Fsp3) is 0.364. The molecule has 2 amide bonds. The highest BCUT2D eigenvalue weighted by Crippen LogP contribution is 2.13. The van der Waals surface area contributed by atoms with Crippen LogP contribution in [0.4, 0.5) is 5.13 Å². The van der Waals surface area contributed by atoms with Crippen LogP contribution in [0.2, 0.25) is 0 Å². The number of carbonyl (C=O) groups excluding carboxylic acids is 3. The minimum Gasteiger partial charge on any atom is -0.439 e. The predicted molar refractivity (Wildman–Crippen MR) is 75.7 cm³/mol. The minimum absolute atomic E-state index is 0.142. The molecular formula is C11H13N5O5S. The van der Waals surface area contributed by atoms with Crippen molar-refractivity contribution in [2.45, 2.75) is 19.2 Å². The van der Waals surface area contributed by atoms with Crippen LogP contribution in [0.25, 0.3) is 0 Å². The van der Waals surface area contributed by atoms with E-state index in [2.05, 4.69) is 25.6 Å². The number of oxime groups is 1. The summed E-state index contributed by atoms with van der Waals surface area (Å²) in [5.74, 6) is -1.76. The maximum absolute atomic E-state index is 12.2. The normalized spacial score (nSPS) is 20.6. The standard InChI is InChI=1S/C11H13N5O5S/c1-4(17)21-10-7(9(19)15-10)14-8(18)6(16-20-2)5-3-22-11(12)13-5/h3,7,10H,1-2H3,(H2,12,13)(H,14,18)(H,15,19)/b16-6-. The van der Waals surface area contributed by atoms with E-state index in [1.807, 2.05) is 0 Å². The van der Waals surface area contributed by atoms with Crippen molar-refractivity contribution < 1.29 is 24.0 Å². The molecule has 2 rings (SSSR count). The van der Waals surface area contributed by atoms with Gasteiger partial charge in [-0.05, 0) is 0 Å². The fourth-order valence-corrected chi connectivity index (χ4v) is 2.22. The number of ether oxygens (including phenoxy) is 1. The van der Waals surface area contributed by atoms with Gasteiger partial charge in [0.05, 0.1) is 0 Å². The van der Waals surface area contributed by atoms with Crippen molar-refractivity contribution in [3.63, 3.8) is 0 Å². The number of thiazole rings is 1. The van der Waals surface area contributed by atoms with Crippen molar-refractivity contribution in [3.05, 3.63) is 11.1 Å². The van der Waals surface area contributed by atoms with E-state index in [-0.39, 0.29) is 16.5 Å². The van der Waals surface area contributed by atoms with Gasteiger partial charge in [-0.2, -0.15) is 0 Å². The van der Waals surface area contributed by atoms with E-state index in [0.717, 1.165) is 11.3 Å². The number of amides is 2. The van der Waals surface area contributed by atoms with Crippen molar-refractivity contribution in [1.82, 2.24) is 15.6 Å². The Balaban J connectivity index is 2.10. The molecule has 1 aromatic heterocycles. The third-order valence-corrected chi connectivity index (χ3v) is 3.29. The topological polar surface area (TPSA) is 145 Å². The van der Waals surface area contributed by atoms with Crippen LogP contribution < -0.4 is 16.4 Å². The highest BCUT2D eigenvalue weighted by Gasteiger charge is 2.43. The Bertz CT molecular complexity index is 643. The third-order valence-electron chi connectivity index (χ3n) is 2.61. The lowest BCUT2D eigenvalue weighted by molar-refractivity contribution is -0.163. The van der Waals surface area contributed by atoms with Gasteiger partial charge in [-0.15, -0.1) is 11.3 Å². The number of esters is 1. The molecule has 2 atom stereocenters. The molecule has 118 valence electrons. The number of hydrogen-bond donors (Lipinski definition) is 3. The molecule has 1 aromatic rings.